The lowest BCUT2D eigenvalue weighted by Crippen LogP contribution is -2.23. The maximum Gasteiger partial charge on any atom is 0.0465 e. The molecule has 116 heavy (non-hydrogen) atoms. The molecule has 0 saturated carbocycles. The van der Waals surface area contributed by atoms with Crippen molar-refractivity contribution in [3.8, 4) is 64.0 Å². The minimum absolute atomic E-state index is 0.0874. The summed E-state index contributed by atoms with van der Waals surface area (Å²) in [4.78, 5) is 15.4. The van der Waals surface area contributed by atoms with Gasteiger partial charge >= 0.3 is 0 Å². The number of hydrogen-bond donors (Lipinski definition) is 0. The first-order valence-corrected chi connectivity index (χ1v) is 42.7. The Morgan fingerprint density at radius 3 is 0.552 bits per heavy atom. The number of fused-ring (bicyclic) bond motifs is 20. The molecule has 0 bridgehead atoms. The Morgan fingerprint density at radius 1 is 0.155 bits per heavy atom. The van der Waals surface area contributed by atoms with E-state index in [9.17, 15) is 0 Å². The van der Waals surface area contributed by atoms with Crippen molar-refractivity contribution in [3.05, 3.63) is 406 Å². The summed E-state index contributed by atoms with van der Waals surface area (Å²) in [5.74, 6) is 0. The predicted molar refractivity (Wildman–Crippen MR) is 493 cm³/mol. The van der Waals surface area contributed by atoms with Gasteiger partial charge < -0.3 is 19.6 Å². The maximum absolute atomic E-state index is 2.50. The Balaban J connectivity index is 0.000000152. The fourth-order valence-electron chi connectivity index (χ4n) is 21.0. The molecule has 0 saturated heterocycles. The SMILES string of the molecule is CC1(C)c2cc(N(c3ccccc3)c3ccccc3)ccc2-c2sc3c(c21)C(C)(C)c1cc(N(c2ccccc2)c2ccccc2)ccc1-3.CC1(C)c2ccccc2-c2ccc(N(c3ccccc3)c3ccc4c(c3)C(C)(C)c3c-4sc4c3C(C)(C)c3cc(N(c5ccccc5)c5ccc6c(c5)C(C)(C)c5ccccc5-6)ccc3-4)cc21. The normalized spacial score (nSPS) is 15.5. The number of nitrogens with zero attached hydrogens (tertiary/aromatic N) is 4. The highest BCUT2D eigenvalue weighted by atomic mass is 32.1. The van der Waals surface area contributed by atoms with Gasteiger partial charge in [-0.1, -0.05) is 277 Å². The molecule has 6 aliphatic carbocycles. The molecule has 0 fully saturated rings. The Bertz CT molecular complexity index is 6160. The number of hydrogen-bond acceptors (Lipinski definition) is 6. The largest absolute Gasteiger partial charge is 0.310 e. The van der Waals surface area contributed by atoms with Gasteiger partial charge in [-0.05, 0) is 257 Å². The zero-order valence-corrected chi connectivity index (χ0v) is 69.6. The zero-order valence-electron chi connectivity index (χ0n) is 67.9. The lowest BCUT2D eigenvalue weighted by Gasteiger charge is -2.31. The van der Waals surface area contributed by atoms with Gasteiger partial charge in [0.15, 0.2) is 0 Å². The van der Waals surface area contributed by atoms with E-state index >= 15 is 0 Å². The van der Waals surface area contributed by atoms with Gasteiger partial charge in [0.05, 0.1) is 0 Å². The second-order valence-electron chi connectivity index (χ2n) is 35.6. The number of benzene rings is 14. The van der Waals surface area contributed by atoms with Gasteiger partial charge in [-0.3, -0.25) is 0 Å². The Labute approximate surface area is 691 Å². The Hall–Kier alpha value is -12.3. The van der Waals surface area contributed by atoms with Gasteiger partial charge in [-0.25, -0.2) is 0 Å². The van der Waals surface area contributed by atoms with Crippen molar-refractivity contribution in [3.63, 3.8) is 0 Å². The van der Waals surface area contributed by atoms with E-state index in [2.05, 4.69) is 442 Å². The Kier molecular flexibility index (Phi) is 16.1. The van der Waals surface area contributed by atoms with Crippen LogP contribution in [-0.2, 0) is 32.5 Å². The molecule has 0 spiro atoms. The second-order valence-corrected chi connectivity index (χ2v) is 37.6. The van der Waals surface area contributed by atoms with Crippen LogP contribution in [0.25, 0.3) is 64.0 Å². The quantitative estimate of drug-likeness (QED) is 0.121. The van der Waals surface area contributed by atoms with Crippen LogP contribution in [0.5, 0.6) is 0 Å². The van der Waals surface area contributed by atoms with E-state index in [0.29, 0.717) is 0 Å². The molecule has 4 nitrogen and oxygen atoms in total. The van der Waals surface area contributed by atoms with Crippen molar-refractivity contribution in [1.29, 1.82) is 0 Å². The summed E-state index contributed by atoms with van der Waals surface area (Å²) in [6.07, 6.45) is 0. The number of thiophene rings is 2. The first-order chi connectivity index (χ1) is 56.1. The lowest BCUT2D eigenvalue weighted by atomic mass is 9.74. The van der Waals surface area contributed by atoms with Gasteiger partial charge in [0.25, 0.3) is 0 Å². The monoisotopic (exact) mass is 1530 g/mol. The van der Waals surface area contributed by atoms with Crippen molar-refractivity contribution in [2.45, 2.75) is 116 Å². The summed E-state index contributed by atoms with van der Waals surface area (Å²) in [5, 5.41) is 0. The molecular weight excluding hydrogens is 1440 g/mol. The first-order valence-electron chi connectivity index (χ1n) is 41.0. The molecule has 14 aromatic carbocycles. The molecule has 6 heteroatoms. The summed E-state index contributed by atoms with van der Waals surface area (Å²) in [6, 6.07) is 126. The number of anilines is 12. The van der Waals surface area contributed by atoms with Crippen LogP contribution in [0, 0.1) is 0 Å². The predicted octanol–water partition coefficient (Wildman–Crippen LogP) is 31.2. The van der Waals surface area contributed by atoms with Gasteiger partial charge in [0.1, 0.15) is 0 Å². The molecule has 564 valence electrons. The molecule has 0 N–H and O–H groups in total. The summed E-state index contributed by atoms with van der Waals surface area (Å²) in [5.41, 5.74) is 41.2. The number of rotatable bonds is 12. The smallest absolute Gasteiger partial charge is 0.0465 e. The Morgan fingerprint density at radius 2 is 0.328 bits per heavy atom. The second kappa shape index (κ2) is 26.1. The fraction of sp³-hybridized carbons (Fsp3) is 0.164. The topological polar surface area (TPSA) is 13.0 Å². The van der Waals surface area contributed by atoms with E-state index in [-0.39, 0.29) is 32.5 Å². The van der Waals surface area contributed by atoms with Crippen LogP contribution in [-0.4, -0.2) is 0 Å². The van der Waals surface area contributed by atoms with Gasteiger partial charge in [0, 0.05) is 120 Å². The molecule has 0 atom stereocenters. The van der Waals surface area contributed by atoms with E-state index in [1.165, 1.54) is 165 Å². The summed E-state index contributed by atoms with van der Waals surface area (Å²) in [7, 11) is 0. The molecule has 16 aromatic rings. The first kappa shape index (κ1) is 71.5. The van der Waals surface area contributed by atoms with Crippen LogP contribution in [0.15, 0.2) is 340 Å². The molecule has 22 rings (SSSR count). The summed E-state index contributed by atoms with van der Waals surface area (Å²) in [6.45, 7) is 29.1. The van der Waals surface area contributed by atoms with Crippen LogP contribution in [0.1, 0.15) is 150 Å². The van der Waals surface area contributed by atoms with Crippen LogP contribution in [0.2, 0.25) is 0 Å². The average Bonchev–Trinajstić information content (AvgIpc) is 1.51. The van der Waals surface area contributed by atoms with E-state index in [1.807, 2.05) is 22.7 Å². The van der Waals surface area contributed by atoms with Crippen molar-refractivity contribution < 1.29 is 0 Å². The molecule has 0 radical (unpaired) electrons. The van der Waals surface area contributed by atoms with Crippen molar-refractivity contribution >= 4 is 90.9 Å². The van der Waals surface area contributed by atoms with Crippen molar-refractivity contribution in [2.24, 2.45) is 0 Å². The van der Waals surface area contributed by atoms with E-state index in [1.54, 1.807) is 0 Å². The van der Waals surface area contributed by atoms with E-state index < -0.39 is 0 Å². The van der Waals surface area contributed by atoms with Gasteiger partial charge in [0.2, 0.25) is 0 Å². The molecule has 0 aliphatic heterocycles. The van der Waals surface area contributed by atoms with Crippen LogP contribution in [0.4, 0.5) is 68.2 Å². The molecule has 2 heterocycles. The average molecular weight is 1530 g/mol. The minimum atomic E-state index is -0.207. The molecule has 6 aliphatic rings. The summed E-state index contributed by atoms with van der Waals surface area (Å²) < 4.78 is 0. The van der Waals surface area contributed by atoms with Gasteiger partial charge in [-0.2, -0.15) is 0 Å². The third-order valence-electron chi connectivity index (χ3n) is 26.8. The van der Waals surface area contributed by atoms with Crippen LogP contribution >= 0.6 is 22.7 Å². The third-order valence-corrected chi connectivity index (χ3v) is 29.3. The zero-order chi connectivity index (χ0) is 79.1. The number of para-hydroxylation sites is 6. The highest BCUT2D eigenvalue weighted by molar-refractivity contribution is 7.20. The van der Waals surface area contributed by atoms with Crippen molar-refractivity contribution in [2.75, 3.05) is 19.6 Å². The highest BCUT2D eigenvalue weighted by Crippen LogP contribution is 2.67. The molecular formula is C110H92N4S2. The van der Waals surface area contributed by atoms with Crippen molar-refractivity contribution in [1.82, 2.24) is 0 Å². The van der Waals surface area contributed by atoms with Gasteiger partial charge in [-0.15, -0.1) is 22.7 Å². The molecule has 0 unspecified atom stereocenters. The van der Waals surface area contributed by atoms with E-state index in [0.717, 1.165) is 34.1 Å². The standard InChI is InChI=1S/C64H54N2S.C46H38N2S/c1-61(2)51-25-17-15-23-45(51)47-31-27-41(35-53(47)61)65(39-19-11-9-12-20-39)43-29-33-49-55(37-43)63(5,6)57-58-60(67-59(49)57)50-34-30-44(38-56(50)64(58,7)8)66(40-21-13-10-14-22-40)42-28-32-48-46-24-16-18-26-52(46)62(3,4)54(48)36-42;1-45(2)39-29-35(47(31-17-9-5-10-18-31)32-19-11-6-12-20-32)25-27-37(39)43-41(45)42-44(49-43)38-28-26-36(30-40(38)46(42,3)4)48(33-21-13-7-14-22-33)34-23-15-8-16-24-34/h9-38H,1-8H3;5-30H,1-4H3. The minimum Gasteiger partial charge on any atom is -0.310 e. The summed E-state index contributed by atoms with van der Waals surface area (Å²) >= 11 is 3.99. The van der Waals surface area contributed by atoms with E-state index in [4.69, 9.17) is 0 Å². The van der Waals surface area contributed by atoms with Crippen LogP contribution in [0.3, 0.4) is 0 Å². The fourth-order valence-corrected chi connectivity index (χ4v) is 24.4. The molecule has 0 amide bonds. The molecule has 2 aromatic heterocycles. The lowest BCUT2D eigenvalue weighted by molar-refractivity contribution is 0.603. The van der Waals surface area contributed by atoms with Crippen LogP contribution < -0.4 is 19.6 Å². The maximum atomic E-state index is 2.50. The third kappa shape index (κ3) is 10.6. The highest BCUT2D eigenvalue weighted by Gasteiger charge is 2.51.